The fourth-order valence-corrected chi connectivity index (χ4v) is 3.35. The molecule has 1 nitrogen and oxygen atoms in total. The van der Waals surface area contributed by atoms with Crippen molar-refractivity contribution in [2.75, 3.05) is 13.1 Å². The standard InChI is InChI=1S/C15H21N/c1-12-5-4-8-16(11-12)15-9-13-6-2-3-7-14(13)10-15/h2-3,6-7,12,15H,4-5,8-11H2,1H3/t12-/m0/s1. The van der Waals surface area contributed by atoms with Crippen LogP contribution in [-0.4, -0.2) is 24.0 Å². The van der Waals surface area contributed by atoms with Crippen LogP contribution in [0.3, 0.4) is 0 Å². The molecule has 0 radical (unpaired) electrons. The van der Waals surface area contributed by atoms with Gasteiger partial charge in [-0.3, -0.25) is 4.90 Å². The maximum absolute atomic E-state index is 2.73. The molecule has 86 valence electrons. The van der Waals surface area contributed by atoms with E-state index in [4.69, 9.17) is 0 Å². The van der Waals surface area contributed by atoms with Crippen LogP contribution in [-0.2, 0) is 12.8 Å². The predicted octanol–water partition coefficient (Wildman–Crippen LogP) is 2.89. The Kier molecular flexibility index (Phi) is 2.72. The second-order valence-corrected chi connectivity index (χ2v) is 5.57. The molecule has 1 aromatic rings. The number of likely N-dealkylation sites (tertiary alicyclic amines) is 1. The third-order valence-electron chi connectivity index (χ3n) is 4.23. The Hall–Kier alpha value is -0.820. The zero-order valence-electron chi connectivity index (χ0n) is 10.2. The third-order valence-corrected chi connectivity index (χ3v) is 4.23. The van der Waals surface area contributed by atoms with E-state index in [1.165, 1.54) is 38.8 Å². The summed E-state index contributed by atoms with van der Waals surface area (Å²) < 4.78 is 0. The smallest absolute Gasteiger partial charge is 0.0176 e. The summed E-state index contributed by atoms with van der Waals surface area (Å²) in [6.45, 7) is 5.04. The van der Waals surface area contributed by atoms with E-state index in [1.54, 1.807) is 11.1 Å². The van der Waals surface area contributed by atoms with E-state index in [0.29, 0.717) is 0 Å². The Labute approximate surface area is 98.5 Å². The van der Waals surface area contributed by atoms with Gasteiger partial charge in [-0.05, 0) is 49.3 Å². The second kappa shape index (κ2) is 4.21. The van der Waals surface area contributed by atoms with Crippen LogP contribution in [0, 0.1) is 5.92 Å². The first kappa shape index (κ1) is 10.3. The van der Waals surface area contributed by atoms with E-state index >= 15 is 0 Å². The van der Waals surface area contributed by atoms with Crippen LogP contribution in [0.4, 0.5) is 0 Å². The maximum atomic E-state index is 2.73. The number of fused-ring (bicyclic) bond motifs is 1. The van der Waals surface area contributed by atoms with Gasteiger partial charge in [0, 0.05) is 12.6 Å². The Morgan fingerprint density at radius 1 is 1.12 bits per heavy atom. The van der Waals surface area contributed by atoms with Crippen LogP contribution >= 0.6 is 0 Å². The van der Waals surface area contributed by atoms with Gasteiger partial charge in [0.05, 0.1) is 0 Å². The molecule has 3 rings (SSSR count). The predicted molar refractivity (Wildman–Crippen MR) is 67.6 cm³/mol. The van der Waals surface area contributed by atoms with Gasteiger partial charge in [0.2, 0.25) is 0 Å². The lowest BCUT2D eigenvalue weighted by atomic mass is 9.98. The highest BCUT2D eigenvalue weighted by atomic mass is 15.2. The van der Waals surface area contributed by atoms with Gasteiger partial charge < -0.3 is 0 Å². The Balaban J connectivity index is 1.71. The number of rotatable bonds is 1. The molecule has 0 unspecified atom stereocenters. The summed E-state index contributed by atoms with van der Waals surface area (Å²) in [5, 5.41) is 0. The quantitative estimate of drug-likeness (QED) is 0.696. The molecular weight excluding hydrogens is 194 g/mol. The van der Waals surface area contributed by atoms with Crippen LogP contribution < -0.4 is 0 Å². The lowest BCUT2D eigenvalue weighted by Gasteiger charge is -2.35. The van der Waals surface area contributed by atoms with Crippen molar-refractivity contribution in [3.8, 4) is 0 Å². The molecule has 0 bridgehead atoms. The number of piperidine rings is 1. The molecule has 1 heterocycles. The summed E-state index contributed by atoms with van der Waals surface area (Å²) in [5.74, 6) is 0.900. The molecule has 0 aromatic heterocycles. The van der Waals surface area contributed by atoms with Crippen molar-refractivity contribution in [1.82, 2.24) is 4.90 Å². The number of benzene rings is 1. The lowest BCUT2D eigenvalue weighted by Crippen LogP contribution is -2.42. The monoisotopic (exact) mass is 215 g/mol. The third kappa shape index (κ3) is 1.89. The topological polar surface area (TPSA) is 3.24 Å². The van der Waals surface area contributed by atoms with Crippen LogP contribution in [0.5, 0.6) is 0 Å². The average molecular weight is 215 g/mol. The molecule has 1 heteroatoms. The molecule has 0 N–H and O–H groups in total. The number of nitrogens with zero attached hydrogens (tertiary/aromatic N) is 1. The minimum absolute atomic E-state index is 0.792. The minimum Gasteiger partial charge on any atom is -0.299 e. The first-order valence-corrected chi connectivity index (χ1v) is 6.64. The number of hydrogen-bond acceptors (Lipinski definition) is 1. The Morgan fingerprint density at radius 2 is 1.81 bits per heavy atom. The molecule has 1 aliphatic carbocycles. The fraction of sp³-hybridized carbons (Fsp3) is 0.600. The summed E-state index contributed by atoms with van der Waals surface area (Å²) in [6.07, 6.45) is 5.38. The Bertz CT molecular complexity index is 346. The van der Waals surface area contributed by atoms with E-state index in [2.05, 4.69) is 36.1 Å². The van der Waals surface area contributed by atoms with Gasteiger partial charge in [-0.25, -0.2) is 0 Å². The van der Waals surface area contributed by atoms with Gasteiger partial charge in [-0.2, -0.15) is 0 Å². The molecule has 2 aliphatic rings. The molecule has 1 atom stereocenters. The van der Waals surface area contributed by atoms with Crippen molar-refractivity contribution in [2.45, 2.75) is 38.6 Å². The zero-order chi connectivity index (χ0) is 11.0. The molecule has 1 saturated heterocycles. The fourth-order valence-electron chi connectivity index (χ4n) is 3.35. The van der Waals surface area contributed by atoms with Gasteiger partial charge in [0.1, 0.15) is 0 Å². The first-order valence-electron chi connectivity index (χ1n) is 6.64. The van der Waals surface area contributed by atoms with Crippen LogP contribution in [0.15, 0.2) is 24.3 Å². The highest BCUT2D eigenvalue weighted by Gasteiger charge is 2.28. The van der Waals surface area contributed by atoms with Gasteiger partial charge in [-0.1, -0.05) is 31.2 Å². The van der Waals surface area contributed by atoms with Gasteiger partial charge in [0.25, 0.3) is 0 Å². The van der Waals surface area contributed by atoms with Crippen molar-refractivity contribution in [3.05, 3.63) is 35.4 Å². The number of hydrogen-bond donors (Lipinski definition) is 0. The summed E-state index contributed by atoms with van der Waals surface area (Å²) in [7, 11) is 0. The van der Waals surface area contributed by atoms with Crippen LogP contribution in [0.1, 0.15) is 30.9 Å². The van der Waals surface area contributed by atoms with Crippen LogP contribution in [0.25, 0.3) is 0 Å². The summed E-state index contributed by atoms with van der Waals surface area (Å²) in [6, 6.07) is 9.77. The largest absolute Gasteiger partial charge is 0.299 e. The van der Waals surface area contributed by atoms with Gasteiger partial charge in [-0.15, -0.1) is 0 Å². The summed E-state index contributed by atoms with van der Waals surface area (Å²) in [4.78, 5) is 2.73. The van der Waals surface area contributed by atoms with Crippen molar-refractivity contribution in [1.29, 1.82) is 0 Å². The van der Waals surface area contributed by atoms with Crippen LogP contribution in [0.2, 0.25) is 0 Å². The van der Waals surface area contributed by atoms with Crippen molar-refractivity contribution < 1.29 is 0 Å². The van der Waals surface area contributed by atoms with E-state index in [9.17, 15) is 0 Å². The van der Waals surface area contributed by atoms with Gasteiger partial charge >= 0.3 is 0 Å². The van der Waals surface area contributed by atoms with E-state index in [0.717, 1.165) is 12.0 Å². The first-order chi connectivity index (χ1) is 7.83. The molecule has 0 amide bonds. The molecule has 0 spiro atoms. The van der Waals surface area contributed by atoms with E-state index in [1.807, 2.05) is 0 Å². The Morgan fingerprint density at radius 3 is 2.44 bits per heavy atom. The highest BCUT2D eigenvalue weighted by molar-refractivity contribution is 5.33. The summed E-state index contributed by atoms with van der Waals surface area (Å²) in [5.41, 5.74) is 3.18. The van der Waals surface area contributed by atoms with Crippen molar-refractivity contribution in [3.63, 3.8) is 0 Å². The SMILES string of the molecule is C[C@H]1CCCN(C2Cc3ccccc3C2)C1. The maximum Gasteiger partial charge on any atom is 0.0176 e. The molecule has 16 heavy (non-hydrogen) atoms. The normalized spacial score (nSPS) is 26.9. The molecular formula is C15H21N. The molecule has 1 aromatic carbocycles. The van der Waals surface area contributed by atoms with E-state index < -0.39 is 0 Å². The summed E-state index contributed by atoms with van der Waals surface area (Å²) >= 11 is 0. The molecule has 1 fully saturated rings. The second-order valence-electron chi connectivity index (χ2n) is 5.57. The minimum atomic E-state index is 0.792. The van der Waals surface area contributed by atoms with Crippen molar-refractivity contribution >= 4 is 0 Å². The van der Waals surface area contributed by atoms with Crippen molar-refractivity contribution in [2.24, 2.45) is 5.92 Å². The highest BCUT2D eigenvalue weighted by Crippen LogP contribution is 2.28. The average Bonchev–Trinajstić information content (AvgIpc) is 2.72. The lowest BCUT2D eigenvalue weighted by molar-refractivity contribution is 0.134. The van der Waals surface area contributed by atoms with E-state index in [-0.39, 0.29) is 0 Å². The molecule has 0 saturated carbocycles. The zero-order valence-corrected chi connectivity index (χ0v) is 10.2. The van der Waals surface area contributed by atoms with Gasteiger partial charge in [0.15, 0.2) is 0 Å². The molecule has 1 aliphatic heterocycles.